The summed E-state index contributed by atoms with van der Waals surface area (Å²) in [5.74, 6) is -2.55. The number of amides is 2. The second kappa shape index (κ2) is 10.1. The zero-order valence-electron chi connectivity index (χ0n) is 23.2. The molecule has 0 bridgehead atoms. The second-order valence-corrected chi connectivity index (χ2v) is 11.1. The van der Waals surface area contributed by atoms with Crippen LogP contribution in [0.2, 0.25) is 0 Å². The van der Waals surface area contributed by atoms with Gasteiger partial charge >= 0.3 is 0 Å². The van der Waals surface area contributed by atoms with E-state index in [1.54, 1.807) is 19.1 Å². The molecule has 0 radical (unpaired) electrons. The molecule has 1 saturated heterocycles. The molecule has 208 valence electrons. The van der Waals surface area contributed by atoms with Gasteiger partial charge in [-0.2, -0.15) is 0 Å². The van der Waals surface area contributed by atoms with E-state index in [1.807, 2.05) is 49.4 Å². The maximum Gasteiger partial charge on any atom is 0.238 e. The maximum absolute atomic E-state index is 14.0. The molecule has 0 unspecified atom stereocenters. The molecule has 4 aliphatic rings. The first kappa shape index (κ1) is 26.7. The normalized spacial score (nSPS) is 25.7. The fourth-order valence-corrected chi connectivity index (χ4v) is 6.80. The monoisotopic (exact) mass is 549 g/mol. The number of phenolic OH excluding ortho intramolecular Hbond substituents is 1. The van der Waals surface area contributed by atoms with E-state index in [0.717, 1.165) is 23.1 Å². The molecular weight excluding hydrogens is 518 g/mol. The zero-order chi connectivity index (χ0) is 29.0. The van der Waals surface area contributed by atoms with Crippen molar-refractivity contribution in [3.8, 4) is 11.5 Å². The number of carbonyl (C=O) groups is 4. The minimum absolute atomic E-state index is 0.0142. The van der Waals surface area contributed by atoms with E-state index in [2.05, 4.69) is 0 Å². The summed E-state index contributed by atoms with van der Waals surface area (Å²) in [4.78, 5) is 55.6. The lowest BCUT2D eigenvalue weighted by atomic mass is 9.60. The molecule has 3 aliphatic carbocycles. The molecule has 6 rings (SSSR count). The van der Waals surface area contributed by atoms with Crippen molar-refractivity contribution < 1.29 is 29.0 Å². The number of ether oxygens (including phenoxy) is 1. The number of carbonyl (C=O) groups excluding carboxylic acids is 4. The van der Waals surface area contributed by atoms with Crippen molar-refractivity contribution in [1.29, 1.82) is 0 Å². The van der Waals surface area contributed by atoms with Crippen LogP contribution in [-0.2, 0) is 25.6 Å². The summed E-state index contributed by atoms with van der Waals surface area (Å²) in [5.41, 5.74) is 4.56. The van der Waals surface area contributed by atoms with E-state index >= 15 is 0 Å². The van der Waals surface area contributed by atoms with Crippen LogP contribution in [0, 0.1) is 23.7 Å². The Morgan fingerprint density at radius 1 is 1.02 bits per heavy atom. The predicted octanol–water partition coefficient (Wildman–Crippen LogP) is 5.14. The van der Waals surface area contributed by atoms with Crippen LogP contribution in [0.1, 0.15) is 37.8 Å². The number of methoxy groups -OCH3 is 1. The molecule has 4 atom stereocenters. The molecule has 1 N–H and O–H groups in total. The number of phenols is 1. The number of ketones is 2. The molecule has 0 aromatic heterocycles. The third-order valence-corrected chi connectivity index (χ3v) is 8.90. The number of allylic oxidation sites excluding steroid dienone is 7. The second-order valence-electron chi connectivity index (χ2n) is 11.1. The fourth-order valence-electron chi connectivity index (χ4n) is 6.80. The van der Waals surface area contributed by atoms with Gasteiger partial charge in [-0.15, -0.1) is 0 Å². The van der Waals surface area contributed by atoms with Gasteiger partial charge in [0.1, 0.15) is 0 Å². The van der Waals surface area contributed by atoms with Gasteiger partial charge in [-0.1, -0.05) is 48.9 Å². The van der Waals surface area contributed by atoms with Crippen molar-refractivity contribution >= 4 is 35.1 Å². The van der Waals surface area contributed by atoms with Crippen molar-refractivity contribution in [2.45, 2.75) is 33.1 Å². The van der Waals surface area contributed by atoms with Crippen molar-refractivity contribution in [3.05, 3.63) is 94.1 Å². The molecule has 0 saturated carbocycles. The Kier molecular flexibility index (Phi) is 6.60. The van der Waals surface area contributed by atoms with Crippen LogP contribution in [0.25, 0.3) is 6.08 Å². The maximum atomic E-state index is 14.0. The molecule has 0 spiro atoms. The number of aromatic hydroxyl groups is 1. The summed E-state index contributed by atoms with van der Waals surface area (Å²) < 4.78 is 5.24. The summed E-state index contributed by atoms with van der Waals surface area (Å²) in [6.45, 7) is 3.69. The average Bonchev–Trinajstić information content (AvgIpc) is 3.24. The van der Waals surface area contributed by atoms with Gasteiger partial charge in [0, 0.05) is 22.6 Å². The summed E-state index contributed by atoms with van der Waals surface area (Å²) in [7, 11) is 1.47. The summed E-state index contributed by atoms with van der Waals surface area (Å²) in [6, 6.07) is 12.4. The van der Waals surface area contributed by atoms with Gasteiger partial charge in [0.05, 0.1) is 24.6 Å². The van der Waals surface area contributed by atoms with Crippen molar-refractivity contribution in [2.24, 2.45) is 23.7 Å². The van der Waals surface area contributed by atoms with Crippen LogP contribution in [0.5, 0.6) is 11.5 Å². The van der Waals surface area contributed by atoms with E-state index in [9.17, 15) is 24.3 Å². The minimum atomic E-state index is -0.610. The quantitative estimate of drug-likeness (QED) is 0.315. The Labute approximate surface area is 238 Å². The van der Waals surface area contributed by atoms with Crippen LogP contribution in [0.3, 0.4) is 0 Å². The molecule has 2 aromatic rings. The van der Waals surface area contributed by atoms with Gasteiger partial charge in [0.25, 0.3) is 0 Å². The number of anilines is 1. The number of fused-ring (bicyclic) bond motifs is 3. The van der Waals surface area contributed by atoms with Gasteiger partial charge in [-0.3, -0.25) is 24.1 Å². The number of benzene rings is 2. The van der Waals surface area contributed by atoms with Crippen molar-refractivity contribution in [3.63, 3.8) is 0 Å². The summed E-state index contributed by atoms with van der Waals surface area (Å²) in [6.07, 6.45) is 8.59. The fraction of sp³-hybridized carbons (Fsp3) is 0.294. The number of hydrogen-bond acceptors (Lipinski definition) is 6. The van der Waals surface area contributed by atoms with E-state index in [1.165, 1.54) is 24.2 Å². The van der Waals surface area contributed by atoms with Gasteiger partial charge in [-0.25, -0.2) is 0 Å². The van der Waals surface area contributed by atoms with Crippen LogP contribution in [0.15, 0.2) is 83.0 Å². The molecular formula is C34H31NO6. The van der Waals surface area contributed by atoms with Crippen LogP contribution < -0.4 is 9.64 Å². The Morgan fingerprint density at radius 2 is 1.78 bits per heavy atom. The smallest absolute Gasteiger partial charge is 0.238 e. The topological polar surface area (TPSA) is 101 Å². The molecule has 41 heavy (non-hydrogen) atoms. The van der Waals surface area contributed by atoms with E-state index in [4.69, 9.17) is 4.74 Å². The molecule has 7 nitrogen and oxygen atoms in total. The molecule has 1 heterocycles. The SMILES string of the molecule is CCc1ccc(N2C(=O)[C@H]3[C@H](CC=C4[C@H](C=Cc5ccc(O)c(OC)c5)C5=C(C[C@H]43)C(=O)C(C)=CC5=O)C2=O)cc1. The molecule has 2 amide bonds. The molecule has 2 aromatic carbocycles. The van der Waals surface area contributed by atoms with Gasteiger partial charge in [0.15, 0.2) is 23.1 Å². The molecule has 1 aliphatic heterocycles. The number of imide groups is 1. The third-order valence-electron chi connectivity index (χ3n) is 8.90. The van der Waals surface area contributed by atoms with Gasteiger partial charge in [0.2, 0.25) is 11.8 Å². The number of rotatable bonds is 5. The zero-order valence-corrected chi connectivity index (χ0v) is 23.2. The van der Waals surface area contributed by atoms with Gasteiger partial charge < -0.3 is 9.84 Å². The standard InChI is InChI=1S/C34H31NO6/c1-4-19-5-9-21(10-6-19)35-33(39)24-13-12-22-23(11-7-20-8-14-27(36)29(16-20)41-3)30-26(17-25(22)31(24)34(35)40)32(38)18(2)15-28(30)37/h5-12,14-16,23-25,31,36H,4,13,17H2,1-3H3/t23-,24-,25+,31-/m0/s1. The Balaban J connectivity index is 1.41. The summed E-state index contributed by atoms with van der Waals surface area (Å²) >= 11 is 0. The van der Waals surface area contributed by atoms with Crippen LogP contribution in [0.4, 0.5) is 5.69 Å². The Hall–Kier alpha value is -4.52. The number of aryl methyl sites for hydroxylation is 1. The predicted molar refractivity (Wildman–Crippen MR) is 154 cm³/mol. The number of Topliss-reactive ketones (excluding diaryl/α,β-unsaturated/α-hetero) is 1. The van der Waals surface area contributed by atoms with Crippen LogP contribution in [-0.4, -0.2) is 35.6 Å². The first-order valence-corrected chi connectivity index (χ1v) is 14.0. The number of hydrogen-bond donors (Lipinski definition) is 1. The van der Waals surface area contributed by atoms with E-state index < -0.39 is 17.8 Å². The molecule has 7 heteroatoms. The Morgan fingerprint density at radius 3 is 2.49 bits per heavy atom. The lowest BCUT2D eigenvalue weighted by Crippen LogP contribution is -2.40. The van der Waals surface area contributed by atoms with Crippen molar-refractivity contribution in [2.75, 3.05) is 12.0 Å². The Bertz CT molecular complexity index is 1620. The molecule has 1 fully saturated rings. The number of nitrogens with zero attached hydrogens (tertiary/aromatic N) is 1. The highest BCUT2D eigenvalue weighted by atomic mass is 16.5. The highest BCUT2D eigenvalue weighted by Gasteiger charge is 2.56. The van der Waals surface area contributed by atoms with Crippen molar-refractivity contribution in [1.82, 2.24) is 0 Å². The largest absolute Gasteiger partial charge is 0.504 e. The first-order chi connectivity index (χ1) is 19.7. The lowest BCUT2D eigenvalue weighted by molar-refractivity contribution is -0.123. The summed E-state index contributed by atoms with van der Waals surface area (Å²) in [5, 5.41) is 9.99. The van der Waals surface area contributed by atoms with E-state index in [0.29, 0.717) is 34.6 Å². The van der Waals surface area contributed by atoms with E-state index in [-0.39, 0.29) is 41.5 Å². The first-order valence-electron chi connectivity index (χ1n) is 14.0. The van der Waals surface area contributed by atoms with Gasteiger partial charge in [-0.05, 0) is 73.6 Å². The van der Waals surface area contributed by atoms with Crippen LogP contribution >= 0.6 is 0 Å². The minimum Gasteiger partial charge on any atom is -0.504 e. The third kappa shape index (κ3) is 4.27. The highest BCUT2D eigenvalue weighted by molar-refractivity contribution is 6.24. The average molecular weight is 550 g/mol. The highest BCUT2D eigenvalue weighted by Crippen LogP contribution is 2.53. The lowest BCUT2D eigenvalue weighted by Gasteiger charge is -2.41.